The van der Waals surface area contributed by atoms with Gasteiger partial charge >= 0.3 is 12.2 Å². The topological polar surface area (TPSA) is 92.5 Å². The first-order valence-corrected chi connectivity index (χ1v) is 13.6. The van der Waals surface area contributed by atoms with Gasteiger partial charge in [-0.15, -0.1) is 5.10 Å². The Morgan fingerprint density at radius 2 is 1.83 bits per heavy atom. The number of nitrogens with zero attached hydrogens (tertiary/aromatic N) is 5. The minimum absolute atomic E-state index is 0.143. The van der Waals surface area contributed by atoms with Gasteiger partial charge in [-0.25, -0.2) is 14.5 Å². The Bertz CT molecular complexity index is 1650. The molecule has 2 heterocycles. The number of hydrogen-bond acceptors (Lipinski definition) is 5. The van der Waals surface area contributed by atoms with Crippen LogP contribution in [0.5, 0.6) is 0 Å². The van der Waals surface area contributed by atoms with Crippen molar-refractivity contribution >= 4 is 40.2 Å². The Morgan fingerprint density at radius 1 is 1.07 bits per heavy atom. The highest BCUT2D eigenvalue weighted by Crippen LogP contribution is 2.34. The Labute approximate surface area is 238 Å². The number of aromatic nitrogens is 3. The zero-order chi connectivity index (χ0) is 29.3. The molecule has 8 nitrogen and oxygen atoms in total. The summed E-state index contributed by atoms with van der Waals surface area (Å²) >= 11 is 1.21. The van der Waals surface area contributed by atoms with Crippen LogP contribution in [0.15, 0.2) is 78.0 Å². The Morgan fingerprint density at radius 3 is 2.54 bits per heavy atom. The molecule has 5 rings (SSSR count). The second-order valence-electron chi connectivity index (χ2n) is 9.70. The highest BCUT2D eigenvalue weighted by molar-refractivity contribution is 8.15. The quantitative estimate of drug-likeness (QED) is 0.274. The number of benzene rings is 3. The number of halogens is 3. The van der Waals surface area contributed by atoms with Crippen molar-refractivity contribution in [1.82, 2.24) is 14.8 Å². The van der Waals surface area contributed by atoms with E-state index in [0.717, 1.165) is 28.9 Å². The Hall–Kier alpha value is -4.45. The van der Waals surface area contributed by atoms with E-state index >= 15 is 0 Å². The first-order chi connectivity index (χ1) is 19.5. The molecule has 0 radical (unpaired) electrons. The van der Waals surface area contributed by atoms with Crippen LogP contribution in [0.2, 0.25) is 0 Å². The molecule has 1 aliphatic rings. The number of aliphatic imine (C=N–C) groups is 1. The highest BCUT2D eigenvalue weighted by atomic mass is 32.2. The molecule has 0 atom stereocenters. The molecular weight excluding hydrogens is 553 g/mol. The zero-order valence-corrected chi connectivity index (χ0v) is 23.1. The Balaban J connectivity index is 1.31. The first kappa shape index (κ1) is 28.1. The number of amidine groups is 1. The predicted molar refractivity (Wildman–Crippen MR) is 153 cm³/mol. The molecule has 0 saturated carbocycles. The third-order valence-electron chi connectivity index (χ3n) is 6.34. The van der Waals surface area contributed by atoms with Gasteiger partial charge in [0.2, 0.25) is 5.91 Å². The van der Waals surface area contributed by atoms with Crippen LogP contribution >= 0.6 is 11.8 Å². The summed E-state index contributed by atoms with van der Waals surface area (Å²) in [6, 6.07) is 16.7. The average molecular weight is 579 g/mol. The lowest BCUT2D eigenvalue weighted by molar-refractivity contribution is -0.137. The molecule has 4 aromatic rings. The summed E-state index contributed by atoms with van der Waals surface area (Å²) in [5.41, 5.74) is 3.21. The lowest BCUT2D eigenvalue weighted by Gasteiger charge is -2.22. The van der Waals surface area contributed by atoms with Crippen LogP contribution in [0.4, 0.5) is 29.3 Å². The predicted octanol–water partition coefficient (Wildman–Crippen LogP) is 7.05. The molecule has 1 aromatic heterocycles. The second-order valence-corrected chi connectivity index (χ2v) is 10.6. The van der Waals surface area contributed by atoms with Gasteiger partial charge in [0.05, 0.1) is 22.7 Å². The zero-order valence-electron chi connectivity index (χ0n) is 22.3. The number of nitrogens with one attached hydrogen (secondary N) is 1. The molecule has 41 heavy (non-hydrogen) atoms. The van der Waals surface area contributed by atoms with Crippen molar-refractivity contribution in [2.75, 3.05) is 16.0 Å². The van der Waals surface area contributed by atoms with Crippen molar-refractivity contribution in [2.45, 2.75) is 32.9 Å². The second kappa shape index (κ2) is 11.2. The van der Waals surface area contributed by atoms with Gasteiger partial charge in [-0.2, -0.15) is 18.2 Å². The van der Waals surface area contributed by atoms with Crippen molar-refractivity contribution in [1.29, 1.82) is 0 Å². The molecule has 0 unspecified atom stereocenters. The molecule has 0 aliphatic carbocycles. The average Bonchev–Trinajstić information content (AvgIpc) is 3.55. The van der Waals surface area contributed by atoms with E-state index in [0.29, 0.717) is 22.2 Å². The number of urea groups is 1. The molecule has 1 aliphatic heterocycles. The maximum atomic E-state index is 13.1. The van der Waals surface area contributed by atoms with Crippen molar-refractivity contribution < 1.29 is 22.8 Å². The van der Waals surface area contributed by atoms with Gasteiger partial charge in [0.15, 0.2) is 11.0 Å². The van der Waals surface area contributed by atoms with Crippen molar-refractivity contribution in [2.24, 2.45) is 4.99 Å². The maximum Gasteiger partial charge on any atom is 0.416 e. The van der Waals surface area contributed by atoms with Gasteiger partial charge in [0.25, 0.3) is 0 Å². The highest BCUT2D eigenvalue weighted by Gasteiger charge is 2.33. The van der Waals surface area contributed by atoms with Crippen LogP contribution in [0.25, 0.3) is 17.1 Å². The fourth-order valence-corrected chi connectivity index (χ4v) is 5.16. The third kappa shape index (κ3) is 6.17. The SMILES string of the molecule is Cc1ccc(C(C)C)c(N2C(=O)CSC2=NC(=O)Nc2ccc(-c3ncn(-c4cccc(C(F)(F)F)c4)n3)cc2)c1. The molecule has 210 valence electrons. The third-order valence-corrected chi connectivity index (χ3v) is 7.26. The van der Waals surface area contributed by atoms with E-state index < -0.39 is 17.8 Å². The van der Waals surface area contributed by atoms with Crippen molar-refractivity contribution in [3.8, 4) is 17.1 Å². The van der Waals surface area contributed by atoms with E-state index in [-0.39, 0.29) is 23.3 Å². The van der Waals surface area contributed by atoms with Crippen molar-refractivity contribution in [3.05, 3.63) is 89.7 Å². The number of amides is 3. The number of rotatable bonds is 5. The number of anilines is 2. The normalized spacial score (nSPS) is 14.8. The smallest absolute Gasteiger partial charge is 0.306 e. The summed E-state index contributed by atoms with van der Waals surface area (Å²) < 4.78 is 40.5. The number of carbonyl (C=O) groups is 2. The minimum atomic E-state index is -4.47. The summed E-state index contributed by atoms with van der Waals surface area (Å²) in [5.74, 6) is 0.516. The van der Waals surface area contributed by atoms with Crippen LogP contribution in [0.3, 0.4) is 0 Å². The van der Waals surface area contributed by atoms with Gasteiger partial charge in [-0.3, -0.25) is 9.69 Å². The molecular formula is C29H25F3N6O2S. The van der Waals surface area contributed by atoms with E-state index in [4.69, 9.17) is 0 Å². The van der Waals surface area contributed by atoms with Crippen LogP contribution in [0.1, 0.15) is 36.5 Å². The Kier molecular flexibility index (Phi) is 7.68. The van der Waals surface area contributed by atoms with Gasteiger partial charge < -0.3 is 5.32 Å². The molecule has 1 saturated heterocycles. The van der Waals surface area contributed by atoms with Crippen LogP contribution in [-0.4, -0.2) is 37.6 Å². The van der Waals surface area contributed by atoms with E-state index in [9.17, 15) is 22.8 Å². The lowest BCUT2D eigenvalue weighted by atomic mass is 9.99. The van der Waals surface area contributed by atoms with E-state index in [2.05, 4.69) is 20.4 Å². The molecule has 0 bridgehead atoms. The largest absolute Gasteiger partial charge is 0.416 e. The van der Waals surface area contributed by atoms with Crippen LogP contribution in [-0.2, 0) is 11.0 Å². The monoisotopic (exact) mass is 578 g/mol. The fraction of sp³-hybridized carbons (Fsp3) is 0.207. The summed E-state index contributed by atoms with van der Waals surface area (Å²) in [6.45, 7) is 6.03. The number of hydrogen-bond donors (Lipinski definition) is 1. The van der Waals surface area contributed by atoms with Crippen molar-refractivity contribution in [3.63, 3.8) is 0 Å². The van der Waals surface area contributed by atoms with Gasteiger partial charge in [-0.05, 0) is 72.5 Å². The van der Waals surface area contributed by atoms with Crippen LogP contribution in [0, 0.1) is 6.92 Å². The summed E-state index contributed by atoms with van der Waals surface area (Å²) in [5, 5.41) is 7.30. The molecule has 3 amide bonds. The van der Waals surface area contributed by atoms with Crippen LogP contribution < -0.4 is 10.2 Å². The van der Waals surface area contributed by atoms with E-state index in [1.54, 1.807) is 24.3 Å². The van der Waals surface area contributed by atoms with Gasteiger partial charge in [0, 0.05) is 11.3 Å². The van der Waals surface area contributed by atoms with E-state index in [1.165, 1.54) is 39.8 Å². The first-order valence-electron chi connectivity index (χ1n) is 12.7. The number of carbonyl (C=O) groups excluding carboxylic acids is 2. The molecule has 1 N–H and O–H groups in total. The minimum Gasteiger partial charge on any atom is -0.306 e. The number of thioether (sulfide) groups is 1. The van der Waals surface area contributed by atoms with Gasteiger partial charge in [0.1, 0.15) is 6.33 Å². The summed E-state index contributed by atoms with van der Waals surface area (Å²) in [4.78, 5) is 35.4. The van der Waals surface area contributed by atoms with E-state index in [1.807, 2.05) is 39.0 Å². The molecule has 0 spiro atoms. The standard InChI is InChI=1S/C29H25F3N6O2S/c1-17(2)23-12-7-18(3)13-24(23)38-25(39)15-41-28(38)35-27(40)34-21-10-8-19(9-11-21)26-33-16-37(36-26)22-6-4-5-20(14-22)29(30,31)32/h4-14,16-17H,15H2,1-3H3,(H,34,40). The van der Waals surface area contributed by atoms with Gasteiger partial charge in [-0.1, -0.05) is 43.8 Å². The number of aryl methyl sites for hydroxylation is 1. The molecule has 12 heteroatoms. The lowest BCUT2D eigenvalue weighted by Crippen LogP contribution is -2.31. The fourth-order valence-electron chi connectivity index (χ4n) is 4.30. The summed E-state index contributed by atoms with van der Waals surface area (Å²) in [6.07, 6.45) is -3.13. The number of alkyl halides is 3. The maximum absolute atomic E-state index is 13.1. The molecule has 3 aromatic carbocycles. The summed E-state index contributed by atoms with van der Waals surface area (Å²) in [7, 11) is 0. The molecule has 1 fully saturated rings.